The van der Waals surface area contributed by atoms with Gasteiger partial charge in [-0.05, 0) is 25.2 Å². The van der Waals surface area contributed by atoms with Crippen LogP contribution >= 0.6 is 0 Å². The molecule has 2 fully saturated rings. The first-order valence-electron chi connectivity index (χ1n) is 5.19. The molecule has 2 saturated carbocycles. The fourth-order valence-corrected chi connectivity index (χ4v) is 5.64. The molecule has 0 aromatic carbocycles. The van der Waals surface area contributed by atoms with Crippen molar-refractivity contribution in [2.75, 3.05) is 5.75 Å². The standard InChI is InChI=1S/C10H15NO2S/c1-9(2)7-3-4-10(5-7)6-14(12,13)11-8(9)10/h7H,3-6H2,1-2H3/t7-,10+/m1/s1. The molecule has 0 aromatic heterocycles. The van der Waals surface area contributed by atoms with Gasteiger partial charge < -0.3 is 0 Å². The van der Waals surface area contributed by atoms with Crippen LogP contribution in [0, 0.1) is 16.7 Å². The first-order chi connectivity index (χ1) is 6.36. The van der Waals surface area contributed by atoms with Gasteiger partial charge in [-0.2, -0.15) is 4.40 Å². The number of fused-ring (bicyclic) bond motifs is 1. The van der Waals surface area contributed by atoms with E-state index in [1.165, 1.54) is 6.42 Å². The Balaban J connectivity index is 2.22. The van der Waals surface area contributed by atoms with Crippen LogP contribution in [-0.4, -0.2) is 19.9 Å². The summed E-state index contributed by atoms with van der Waals surface area (Å²) in [5.41, 5.74) is 0.968. The number of hydrogen-bond donors (Lipinski definition) is 0. The summed E-state index contributed by atoms with van der Waals surface area (Å²) >= 11 is 0. The van der Waals surface area contributed by atoms with Gasteiger partial charge in [0, 0.05) is 16.5 Å². The van der Waals surface area contributed by atoms with Crippen LogP contribution in [0.4, 0.5) is 0 Å². The predicted octanol–water partition coefficient (Wildman–Crippen LogP) is 1.60. The van der Waals surface area contributed by atoms with Gasteiger partial charge in [-0.25, -0.2) is 8.42 Å². The van der Waals surface area contributed by atoms with Crippen molar-refractivity contribution < 1.29 is 8.42 Å². The predicted molar refractivity (Wildman–Crippen MR) is 54.8 cm³/mol. The van der Waals surface area contributed by atoms with Gasteiger partial charge >= 0.3 is 0 Å². The summed E-state index contributed by atoms with van der Waals surface area (Å²) in [6.45, 7) is 4.30. The van der Waals surface area contributed by atoms with E-state index < -0.39 is 10.0 Å². The summed E-state index contributed by atoms with van der Waals surface area (Å²) in [5.74, 6) is 0.951. The smallest absolute Gasteiger partial charge is 0.205 e. The summed E-state index contributed by atoms with van der Waals surface area (Å²) in [5, 5.41) is 0. The minimum absolute atomic E-state index is 0.0296. The van der Waals surface area contributed by atoms with E-state index in [0.29, 0.717) is 5.92 Å². The molecule has 3 aliphatic rings. The van der Waals surface area contributed by atoms with Gasteiger partial charge in [0.1, 0.15) is 0 Å². The van der Waals surface area contributed by atoms with E-state index in [-0.39, 0.29) is 16.6 Å². The Morgan fingerprint density at radius 1 is 1.43 bits per heavy atom. The lowest BCUT2D eigenvalue weighted by molar-refractivity contribution is 0.334. The lowest BCUT2D eigenvalue weighted by Crippen LogP contribution is -2.36. The zero-order valence-corrected chi connectivity index (χ0v) is 9.39. The highest BCUT2D eigenvalue weighted by atomic mass is 32.2. The highest BCUT2D eigenvalue weighted by molar-refractivity contribution is 7.90. The molecule has 0 N–H and O–H groups in total. The van der Waals surface area contributed by atoms with Crippen LogP contribution in [-0.2, 0) is 10.0 Å². The maximum atomic E-state index is 11.5. The van der Waals surface area contributed by atoms with Crippen LogP contribution in [0.5, 0.6) is 0 Å². The van der Waals surface area contributed by atoms with E-state index in [4.69, 9.17) is 0 Å². The van der Waals surface area contributed by atoms with Gasteiger partial charge in [0.25, 0.3) is 10.0 Å². The molecule has 0 unspecified atom stereocenters. The minimum Gasteiger partial charge on any atom is -0.205 e. The minimum atomic E-state index is -3.13. The number of nitrogens with zero attached hydrogens (tertiary/aromatic N) is 1. The third-order valence-electron chi connectivity index (χ3n) is 4.43. The molecule has 2 atom stereocenters. The van der Waals surface area contributed by atoms with Crippen LogP contribution in [0.2, 0.25) is 0 Å². The Hall–Kier alpha value is -0.380. The molecular formula is C10H15NO2S. The van der Waals surface area contributed by atoms with Crippen molar-refractivity contribution in [3.05, 3.63) is 0 Å². The first-order valence-corrected chi connectivity index (χ1v) is 6.80. The third kappa shape index (κ3) is 0.835. The van der Waals surface area contributed by atoms with Gasteiger partial charge in [-0.3, -0.25) is 0 Å². The lowest BCUT2D eigenvalue weighted by atomic mass is 9.71. The second-order valence-electron chi connectivity index (χ2n) is 5.61. The van der Waals surface area contributed by atoms with Crippen molar-refractivity contribution in [3.63, 3.8) is 0 Å². The van der Waals surface area contributed by atoms with E-state index in [9.17, 15) is 8.42 Å². The molecule has 1 heterocycles. The van der Waals surface area contributed by atoms with E-state index in [1.807, 2.05) is 0 Å². The number of rotatable bonds is 0. The molecule has 0 saturated heterocycles. The zero-order valence-electron chi connectivity index (χ0n) is 8.58. The Bertz CT molecular complexity index is 435. The monoisotopic (exact) mass is 213 g/mol. The van der Waals surface area contributed by atoms with E-state index in [1.54, 1.807) is 0 Å². The molecule has 2 aliphatic carbocycles. The van der Waals surface area contributed by atoms with Crippen molar-refractivity contribution in [3.8, 4) is 0 Å². The van der Waals surface area contributed by atoms with Gasteiger partial charge in [0.15, 0.2) is 0 Å². The van der Waals surface area contributed by atoms with Crippen molar-refractivity contribution in [1.29, 1.82) is 0 Å². The van der Waals surface area contributed by atoms with Gasteiger partial charge in [0.05, 0.1) is 5.75 Å². The third-order valence-corrected chi connectivity index (χ3v) is 5.81. The maximum absolute atomic E-state index is 11.5. The zero-order chi connectivity index (χ0) is 10.2. The second kappa shape index (κ2) is 2.08. The summed E-state index contributed by atoms with van der Waals surface area (Å²) < 4.78 is 27.1. The highest BCUT2D eigenvalue weighted by Crippen LogP contribution is 2.63. The molecule has 78 valence electrons. The Kier molecular flexibility index (Phi) is 1.32. The maximum Gasteiger partial charge on any atom is 0.254 e. The normalized spacial score (nSPS) is 46.4. The molecule has 0 radical (unpaired) electrons. The largest absolute Gasteiger partial charge is 0.254 e. The van der Waals surface area contributed by atoms with Crippen LogP contribution < -0.4 is 0 Å². The van der Waals surface area contributed by atoms with Gasteiger partial charge in [-0.15, -0.1) is 0 Å². The molecular weight excluding hydrogens is 198 g/mol. The molecule has 4 heteroatoms. The number of sulfonamides is 1. The van der Waals surface area contributed by atoms with E-state index in [0.717, 1.165) is 18.6 Å². The average molecular weight is 213 g/mol. The van der Waals surface area contributed by atoms with E-state index >= 15 is 0 Å². The van der Waals surface area contributed by atoms with Gasteiger partial charge in [0.2, 0.25) is 0 Å². The molecule has 1 aliphatic heterocycles. The Morgan fingerprint density at radius 2 is 2.14 bits per heavy atom. The second-order valence-corrected chi connectivity index (χ2v) is 7.24. The lowest BCUT2D eigenvalue weighted by Gasteiger charge is -2.32. The van der Waals surface area contributed by atoms with Crippen molar-refractivity contribution in [1.82, 2.24) is 0 Å². The fourth-order valence-electron chi connectivity index (χ4n) is 3.77. The molecule has 14 heavy (non-hydrogen) atoms. The average Bonchev–Trinajstić information content (AvgIpc) is 2.58. The van der Waals surface area contributed by atoms with Crippen molar-refractivity contribution in [2.45, 2.75) is 33.1 Å². The molecule has 0 aromatic rings. The van der Waals surface area contributed by atoms with Crippen molar-refractivity contribution in [2.24, 2.45) is 21.1 Å². The summed E-state index contributed by atoms with van der Waals surface area (Å²) in [4.78, 5) is 0. The van der Waals surface area contributed by atoms with Crippen LogP contribution in [0.25, 0.3) is 0 Å². The molecule has 3 nitrogen and oxygen atoms in total. The molecule has 2 bridgehead atoms. The fraction of sp³-hybridized carbons (Fsp3) is 0.900. The Morgan fingerprint density at radius 3 is 2.79 bits per heavy atom. The Labute approximate surface area is 84.7 Å². The highest BCUT2D eigenvalue weighted by Gasteiger charge is 2.63. The molecule has 3 rings (SSSR count). The van der Waals surface area contributed by atoms with Crippen LogP contribution in [0.3, 0.4) is 0 Å². The molecule has 1 spiro atoms. The quantitative estimate of drug-likeness (QED) is 0.613. The number of hydrogen-bond acceptors (Lipinski definition) is 2. The summed E-state index contributed by atoms with van der Waals surface area (Å²) in [7, 11) is -3.13. The molecule has 0 amide bonds. The first kappa shape index (κ1) is 8.89. The van der Waals surface area contributed by atoms with Crippen LogP contribution in [0.15, 0.2) is 4.40 Å². The van der Waals surface area contributed by atoms with E-state index in [2.05, 4.69) is 18.2 Å². The topological polar surface area (TPSA) is 46.5 Å². The summed E-state index contributed by atoms with van der Waals surface area (Å²) in [6, 6.07) is 0. The SMILES string of the molecule is CC1(C)C2=NS(=O)(=O)C[C@@]23CC[C@@H]1C3. The van der Waals surface area contributed by atoms with Crippen LogP contribution in [0.1, 0.15) is 33.1 Å². The summed E-state index contributed by atoms with van der Waals surface area (Å²) in [6.07, 6.45) is 3.28. The van der Waals surface area contributed by atoms with Gasteiger partial charge in [-0.1, -0.05) is 13.8 Å². The van der Waals surface area contributed by atoms with Crippen molar-refractivity contribution >= 4 is 15.7 Å².